The number of benzene rings is 2. The lowest BCUT2D eigenvalue weighted by molar-refractivity contribution is -0.148. The summed E-state index contributed by atoms with van der Waals surface area (Å²) in [6, 6.07) is 9.82. The van der Waals surface area contributed by atoms with Crippen LogP contribution in [0.3, 0.4) is 0 Å². The number of para-hydroxylation sites is 1. The molecule has 0 bridgehead atoms. The van der Waals surface area contributed by atoms with Crippen molar-refractivity contribution in [1.29, 1.82) is 0 Å². The maximum Gasteiger partial charge on any atom is 0.328 e. The lowest BCUT2D eigenvalue weighted by Gasteiger charge is -2.38. The Kier molecular flexibility index (Phi) is 5.99. The number of hydrogen-bond donors (Lipinski definition) is 1. The van der Waals surface area contributed by atoms with Crippen LogP contribution in [0, 0.1) is 0 Å². The van der Waals surface area contributed by atoms with Gasteiger partial charge in [-0.1, -0.05) is 18.2 Å². The van der Waals surface area contributed by atoms with E-state index in [0.29, 0.717) is 23.7 Å². The van der Waals surface area contributed by atoms with Crippen molar-refractivity contribution >= 4 is 40.1 Å². The number of H-pyrrole nitrogens is 1. The fourth-order valence-electron chi connectivity index (χ4n) is 5.33. The number of ether oxygens (including phenoxy) is 4. The maximum absolute atomic E-state index is 13.7. The van der Waals surface area contributed by atoms with E-state index in [2.05, 4.69) is 4.98 Å². The molecule has 1 saturated heterocycles. The average molecular weight is 510 g/mol. The van der Waals surface area contributed by atoms with E-state index >= 15 is 0 Å². The minimum Gasteiger partial charge on any atom is -0.493 e. The second-order valence-electron chi connectivity index (χ2n) is 8.74. The smallest absolute Gasteiger partial charge is 0.328 e. The maximum atomic E-state index is 13.7. The molecule has 1 fully saturated rings. The molecule has 1 amide bonds. The normalized spacial score (nSPS) is 19.7. The first-order valence-corrected chi connectivity index (χ1v) is 11.9. The van der Waals surface area contributed by atoms with Crippen LogP contribution < -0.4 is 14.2 Å². The molecule has 2 aliphatic rings. The molecule has 9 nitrogen and oxygen atoms in total. The predicted molar refractivity (Wildman–Crippen MR) is 136 cm³/mol. The zero-order valence-corrected chi connectivity index (χ0v) is 21.5. The summed E-state index contributed by atoms with van der Waals surface area (Å²) in [5.41, 5.74) is 3.72. The van der Waals surface area contributed by atoms with Crippen LogP contribution in [0.15, 0.2) is 36.4 Å². The minimum absolute atomic E-state index is 0.230. The van der Waals surface area contributed by atoms with Gasteiger partial charge in [0.25, 0.3) is 5.91 Å². The number of carbonyl (C=O) groups is 2. The van der Waals surface area contributed by atoms with Gasteiger partial charge in [0.1, 0.15) is 12.1 Å². The van der Waals surface area contributed by atoms with Crippen molar-refractivity contribution in [3.05, 3.63) is 53.2 Å². The number of thiocarbonyl (C=S) groups is 1. The number of nitrogens with one attached hydrogen (secondary N) is 1. The van der Waals surface area contributed by atoms with Crippen molar-refractivity contribution in [2.75, 3.05) is 28.4 Å². The van der Waals surface area contributed by atoms with Crippen LogP contribution in [-0.4, -0.2) is 72.3 Å². The molecule has 3 heterocycles. The SMILES string of the molecule is COC(=O)[C@H](C)N1C(=O)[C@@H]2Cc3c([nH]c4ccccc34)[C@@H](c3cc(OC)c(OC)c(OC)c3)N2C1=S. The van der Waals surface area contributed by atoms with Crippen LogP contribution in [0.5, 0.6) is 17.2 Å². The molecule has 0 aliphatic carbocycles. The highest BCUT2D eigenvalue weighted by molar-refractivity contribution is 7.80. The summed E-state index contributed by atoms with van der Waals surface area (Å²) in [6.45, 7) is 1.62. The van der Waals surface area contributed by atoms with Gasteiger partial charge in [-0.3, -0.25) is 9.69 Å². The van der Waals surface area contributed by atoms with E-state index < -0.39 is 24.1 Å². The average Bonchev–Trinajstić information content (AvgIpc) is 3.39. The molecule has 36 heavy (non-hydrogen) atoms. The fourth-order valence-corrected chi connectivity index (χ4v) is 5.81. The molecule has 0 unspecified atom stereocenters. The Morgan fingerprint density at radius 1 is 1.08 bits per heavy atom. The predicted octanol–water partition coefficient (Wildman–Crippen LogP) is 3.20. The van der Waals surface area contributed by atoms with E-state index in [0.717, 1.165) is 27.7 Å². The number of hydrogen-bond acceptors (Lipinski definition) is 7. The van der Waals surface area contributed by atoms with Crippen molar-refractivity contribution in [3.63, 3.8) is 0 Å². The largest absolute Gasteiger partial charge is 0.493 e. The van der Waals surface area contributed by atoms with Gasteiger partial charge >= 0.3 is 5.97 Å². The summed E-state index contributed by atoms with van der Waals surface area (Å²) in [5, 5.41) is 1.31. The summed E-state index contributed by atoms with van der Waals surface area (Å²) in [6.07, 6.45) is 0.448. The number of aromatic nitrogens is 1. The molecule has 2 aromatic carbocycles. The number of aromatic amines is 1. The summed E-state index contributed by atoms with van der Waals surface area (Å²) < 4.78 is 21.7. The van der Waals surface area contributed by atoms with Gasteiger partial charge in [0, 0.05) is 23.0 Å². The van der Waals surface area contributed by atoms with Crippen molar-refractivity contribution in [2.24, 2.45) is 0 Å². The Bertz CT molecular complexity index is 1360. The van der Waals surface area contributed by atoms with Crippen LogP contribution in [0.2, 0.25) is 0 Å². The van der Waals surface area contributed by atoms with Gasteiger partial charge in [-0.05, 0) is 48.5 Å². The molecule has 5 rings (SSSR count). The number of carbonyl (C=O) groups excluding carboxylic acids is 2. The van der Waals surface area contributed by atoms with Crippen LogP contribution in [0.25, 0.3) is 10.9 Å². The molecule has 2 aliphatic heterocycles. The molecule has 0 radical (unpaired) electrons. The first kappa shape index (κ1) is 23.9. The zero-order chi connectivity index (χ0) is 25.7. The topological polar surface area (TPSA) is 93.3 Å². The molecule has 188 valence electrons. The number of methoxy groups -OCH3 is 4. The number of amides is 1. The van der Waals surface area contributed by atoms with E-state index in [1.165, 1.54) is 12.0 Å². The van der Waals surface area contributed by atoms with E-state index in [1.807, 2.05) is 41.3 Å². The molecule has 1 aromatic heterocycles. The number of rotatable bonds is 6. The van der Waals surface area contributed by atoms with Gasteiger partial charge in [-0.15, -0.1) is 0 Å². The Morgan fingerprint density at radius 3 is 2.36 bits per heavy atom. The molecule has 3 aromatic rings. The quantitative estimate of drug-likeness (QED) is 0.400. The fraction of sp³-hybridized carbons (Fsp3) is 0.346. The van der Waals surface area contributed by atoms with Gasteiger partial charge < -0.3 is 28.8 Å². The van der Waals surface area contributed by atoms with Crippen molar-refractivity contribution < 1.29 is 28.5 Å². The van der Waals surface area contributed by atoms with Crippen LogP contribution in [0.1, 0.15) is 29.8 Å². The van der Waals surface area contributed by atoms with Gasteiger partial charge in [0.2, 0.25) is 5.75 Å². The van der Waals surface area contributed by atoms with Gasteiger partial charge in [0.15, 0.2) is 16.6 Å². The number of fused-ring (bicyclic) bond motifs is 4. The highest BCUT2D eigenvalue weighted by atomic mass is 32.1. The first-order chi connectivity index (χ1) is 17.4. The van der Waals surface area contributed by atoms with Gasteiger partial charge in [-0.2, -0.15) is 0 Å². The third kappa shape index (κ3) is 3.39. The molecule has 0 saturated carbocycles. The van der Waals surface area contributed by atoms with E-state index in [-0.39, 0.29) is 11.0 Å². The number of nitrogens with zero attached hydrogens (tertiary/aromatic N) is 2. The lowest BCUT2D eigenvalue weighted by atomic mass is 9.88. The highest BCUT2D eigenvalue weighted by Crippen LogP contribution is 2.48. The summed E-state index contributed by atoms with van der Waals surface area (Å²) >= 11 is 5.84. The first-order valence-electron chi connectivity index (χ1n) is 11.5. The molecule has 3 atom stereocenters. The van der Waals surface area contributed by atoms with Crippen molar-refractivity contribution in [3.8, 4) is 17.2 Å². The highest BCUT2D eigenvalue weighted by Gasteiger charge is 2.53. The second-order valence-corrected chi connectivity index (χ2v) is 9.11. The molecule has 1 N–H and O–H groups in total. The summed E-state index contributed by atoms with van der Waals surface area (Å²) in [5.74, 6) is 0.685. The van der Waals surface area contributed by atoms with Gasteiger partial charge in [-0.25, -0.2) is 4.79 Å². The Morgan fingerprint density at radius 2 is 1.75 bits per heavy atom. The summed E-state index contributed by atoms with van der Waals surface area (Å²) in [7, 11) is 5.96. The second kappa shape index (κ2) is 9.02. The monoisotopic (exact) mass is 509 g/mol. The third-order valence-corrected chi connectivity index (χ3v) is 7.42. The minimum atomic E-state index is -0.851. The van der Waals surface area contributed by atoms with E-state index in [4.69, 9.17) is 31.2 Å². The van der Waals surface area contributed by atoms with E-state index in [1.54, 1.807) is 28.3 Å². The van der Waals surface area contributed by atoms with Crippen molar-refractivity contribution in [1.82, 2.24) is 14.8 Å². The lowest BCUT2D eigenvalue weighted by Crippen LogP contribution is -2.45. The Hall–Kier alpha value is -3.79. The molecule has 10 heteroatoms. The van der Waals surface area contributed by atoms with Crippen LogP contribution in [-0.2, 0) is 20.7 Å². The van der Waals surface area contributed by atoms with Gasteiger partial charge in [0.05, 0.1) is 34.5 Å². The molecular weight excluding hydrogens is 482 g/mol. The van der Waals surface area contributed by atoms with E-state index in [9.17, 15) is 9.59 Å². The Labute approximate surface area is 213 Å². The number of esters is 1. The van der Waals surface area contributed by atoms with Crippen LogP contribution >= 0.6 is 12.2 Å². The Balaban J connectivity index is 1.74. The molecule has 0 spiro atoms. The van der Waals surface area contributed by atoms with Crippen molar-refractivity contribution in [2.45, 2.75) is 31.5 Å². The molecular formula is C26H27N3O6S. The summed E-state index contributed by atoms with van der Waals surface area (Å²) in [4.78, 5) is 32.9. The zero-order valence-electron chi connectivity index (χ0n) is 20.7. The third-order valence-electron chi connectivity index (χ3n) is 7.01. The standard InChI is InChI=1S/C26H27N3O6S/c1-13(25(31)35-5)28-24(30)18-12-16-15-8-6-7-9-17(15)27-21(16)22(29(18)26(28)36)14-10-19(32-2)23(34-4)20(11-14)33-3/h6-11,13,18,22,27H,12H2,1-5H3/t13-,18-,22+/m0/s1. The van der Waals surface area contributed by atoms with Crippen LogP contribution in [0.4, 0.5) is 0 Å².